The molecule has 0 aliphatic heterocycles. The summed E-state index contributed by atoms with van der Waals surface area (Å²) >= 11 is 0. The van der Waals surface area contributed by atoms with E-state index in [2.05, 4.69) is 14.8 Å². The number of aromatic nitrogens is 3. The van der Waals surface area contributed by atoms with Crippen LogP contribution in [0.5, 0.6) is 5.75 Å². The Bertz CT molecular complexity index is 873. The van der Waals surface area contributed by atoms with Gasteiger partial charge in [0.25, 0.3) is 6.43 Å². The Morgan fingerprint density at radius 2 is 1.93 bits per heavy atom. The van der Waals surface area contributed by atoms with Crippen molar-refractivity contribution in [1.29, 1.82) is 0 Å². The highest BCUT2D eigenvalue weighted by Gasteiger charge is 2.57. The number of nitrogen functional groups attached to an aromatic ring is 1. The van der Waals surface area contributed by atoms with E-state index < -0.39 is 30.9 Å². The van der Waals surface area contributed by atoms with Gasteiger partial charge in [-0.2, -0.15) is 5.10 Å². The molecule has 4 rings (SSSR count). The average molecular weight is 404 g/mol. The maximum Gasteiger partial charge on any atom is 0.573 e. The number of alkyl halides is 5. The van der Waals surface area contributed by atoms with Crippen LogP contribution < -0.4 is 10.5 Å². The van der Waals surface area contributed by atoms with Crippen molar-refractivity contribution in [3.63, 3.8) is 0 Å². The van der Waals surface area contributed by atoms with E-state index in [1.807, 2.05) is 0 Å². The quantitative estimate of drug-likeness (QED) is 0.748. The highest BCUT2D eigenvalue weighted by molar-refractivity contribution is 5.64. The third kappa shape index (κ3) is 3.62. The van der Waals surface area contributed by atoms with Crippen LogP contribution >= 0.6 is 0 Å². The molecular weight excluding hydrogens is 387 g/mol. The SMILES string of the molecule is Nc1ncc(-c2cc(C3C4CC(O)CC43)n(CC(F)F)n2)cc1OC(F)(F)F. The zero-order valence-corrected chi connectivity index (χ0v) is 14.4. The summed E-state index contributed by atoms with van der Waals surface area (Å²) in [5.74, 6) is -0.689. The summed E-state index contributed by atoms with van der Waals surface area (Å²) in [5, 5.41) is 13.8. The second-order valence-electron chi connectivity index (χ2n) is 7.16. The topological polar surface area (TPSA) is 86.2 Å². The Labute approximate surface area is 156 Å². The van der Waals surface area contributed by atoms with E-state index in [0.29, 0.717) is 18.5 Å². The van der Waals surface area contributed by atoms with Crippen LogP contribution in [0.15, 0.2) is 18.3 Å². The van der Waals surface area contributed by atoms with E-state index in [1.165, 1.54) is 10.9 Å². The number of hydrogen-bond acceptors (Lipinski definition) is 5. The number of nitrogens with zero attached hydrogens (tertiary/aromatic N) is 3. The van der Waals surface area contributed by atoms with E-state index in [4.69, 9.17) is 5.73 Å². The predicted octanol–water partition coefficient (Wildman–Crippen LogP) is 3.18. The molecular formula is C17H17F5N4O2. The summed E-state index contributed by atoms with van der Waals surface area (Å²) < 4.78 is 68.5. The number of ether oxygens (including phenoxy) is 1. The number of pyridine rings is 1. The highest BCUT2D eigenvalue weighted by Crippen LogP contribution is 2.63. The van der Waals surface area contributed by atoms with Crippen LogP contribution in [0.25, 0.3) is 11.3 Å². The molecule has 11 heteroatoms. The maximum absolute atomic E-state index is 13.0. The Hall–Kier alpha value is -2.43. The van der Waals surface area contributed by atoms with Crippen LogP contribution in [0.3, 0.4) is 0 Å². The number of aliphatic hydroxyl groups is 1. The van der Waals surface area contributed by atoms with Gasteiger partial charge < -0.3 is 15.6 Å². The molecule has 152 valence electrons. The first-order chi connectivity index (χ1) is 13.1. The Morgan fingerprint density at radius 3 is 2.54 bits per heavy atom. The number of fused-ring (bicyclic) bond motifs is 1. The number of rotatable bonds is 5. The molecule has 0 spiro atoms. The van der Waals surface area contributed by atoms with Crippen LogP contribution in [-0.2, 0) is 6.54 Å². The third-order valence-corrected chi connectivity index (χ3v) is 5.29. The average Bonchev–Trinajstić information content (AvgIpc) is 2.91. The molecule has 6 nitrogen and oxygen atoms in total. The molecule has 2 atom stereocenters. The van der Waals surface area contributed by atoms with Gasteiger partial charge in [0, 0.05) is 23.4 Å². The van der Waals surface area contributed by atoms with Gasteiger partial charge in [0.05, 0.1) is 11.8 Å². The Kier molecular flexibility index (Phi) is 4.44. The number of aliphatic hydroxyl groups excluding tert-OH is 1. The molecule has 3 N–H and O–H groups in total. The number of anilines is 1. The molecule has 0 saturated heterocycles. The lowest BCUT2D eigenvalue weighted by molar-refractivity contribution is -0.274. The van der Waals surface area contributed by atoms with Gasteiger partial charge in [0.15, 0.2) is 11.6 Å². The van der Waals surface area contributed by atoms with Crippen LogP contribution in [0.1, 0.15) is 24.5 Å². The molecule has 2 fully saturated rings. The van der Waals surface area contributed by atoms with Crippen molar-refractivity contribution < 1.29 is 31.8 Å². The zero-order valence-electron chi connectivity index (χ0n) is 14.4. The molecule has 2 aromatic rings. The molecule has 2 saturated carbocycles. The van der Waals surface area contributed by atoms with Crippen molar-refractivity contribution in [1.82, 2.24) is 14.8 Å². The normalized spacial score (nSPS) is 26.5. The van der Waals surface area contributed by atoms with Crippen LogP contribution in [0, 0.1) is 11.8 Å². The lowest BCUT2D eigenvalue weighted by Gasteiger charge is -2.11. The number of nitrogens with two attached hydrogens (primary N) is 1. The summed E-state index contributed by atoms with van der Waals surface area (Å²) in [7, 11) is 0. The van der Waals surface area contributed by atoms with Crippen molar-refractivity contribution in [2.24, 2.45) is 11.8 Å². The fraction of sp³-hybridized carbons (Fsp3) is 0.529. The minimum atomic E-state index is -4.94. The van der Waals surface area contributed by atoms with Crippen molar-refractivity contribution in [3.8, 4) is 17.0 Å². The largest absolute Gasteiger partial charge is 0.573 e. The molecule has 0 radical (unpaired) electrons. The summed E-state index contributed by atoms with van der Waals surface area (Å²) in [6.07, 6.45) is -5.52. The van der Waals surface area contributed by atoms with Crippen LogP contribution in [0.4, 0.5) is 27.8 Å². The highest BCUT2D eigenvalue weighted by atomic mass is 19.4. The minimum Gasteiger partial charge on any atom is -0.402 e. The fourth-order valence-corrected chi connectivity index (χ4v) is 4.17. The van der Waals surface area contributed by atoms with Crippen molar-refractivity contribution in [3.05, 3.63) is 24.0 Å². The van der Waals surface area contributed by atoms with Crippen LogP contribution in [0.2, 0.25) is 0 Å². The summed E-state index contributed by atoms with van der Waals surface area (Å²) in [6.45, 7) is -0.623. The molecule has 2 aromatic heterocycles. The predicted molar refractivity (Wildman–Crippen MR) is 87.5 cm³/mol. The zero-order chi connectivity index (χ0) is 20.2. The smallest absolute Gasteiger partial charge is 0.402 e. The first-order valence-corrected chi connectivity index (χ1v) is 8.68. The molecule has 2 aliphatic rings. The Morgan fingerprint density at radius 1 is 1.25 bits per heavy atom. The van der Waals surface area contributed by atoms with Gasteiger partial charge in [-0.3, -0.25) is 4.68 Å². The van der Waals surface area contributed by atoms with Crippen molar-refractivity contribution >= 4 is 5.82 Å². The van der Waals surface area contributed by atoms with Gasteiger partial charge in [-0.15, -0.1) is 13.2 Å². The molecule has 2 heterocycles. The molecule has 0 bridgehead atoms. The Balaban J connectivity index is 1.66. The van der Waals surface area contributed by atoms with Gasteiger partial charge in [0.2, 0.25) is 0 Å². The summed E-state index contributed by atoms with van der Waals surface area (Å²) in [5.41, 5.74) is 6.40. The van der Waals surface area contributed by atoms with Gasteiger partial charge in [-0.25, -0.2) is 13.8 Å². The number of halogens is 5. The molecule has 0 aromatic carbocycles. The fourth-order valence-electron chi connectivity index (χ4n) is 4.17. The summed E-state index contributed by atoms with van der Waals surface area (Å²) in [4.78, 5) is 3.69. The van der Waals surface area contributed by atoms with E-state index in [1.54, 1.807) is 6.07 Å². The first-order valence-electron chi connectivity index (χ1n) is 8.68. The molecule has 2 aliphatic carbocycles. The van der Waals surface area contributed by atoms with Gasteiger partial charge in [0.1, 0.15) is 6.54 Å². The third-order valence-electron chi connectivity index (χ3n) is 5.29. The second kappa shape index (κ2) is 6.57. The van der Waals surface area contributed by atoms with Crippen molar-refractivity contribution in [2.75, 3.05) is 5.73 Å². The first kappa shape index (κ1) is 18.9. The van der Waals surface area contributed by atoms with Gasteiger partial charge in [-0.1, -0.05) is 0 Å². The molecule has 2 unspecified atom stereocenters. The number of hydrogen-bond donors (Lipinski definition) is 2. The molecule has 28 heavy (non-hydrogen) atoms. The van der Waals surface area contributed by atoms with Crippen LogP contribution in [-0.4, -0.2) is 38.8 Å². The van der Waals surface area contributed by atoms with Gasteiger partial charge in [-0.05, 0) is 36.8 Å². The summed E-state index contributed by atoms with van der Waals surface area (Å²) in [6, 6.07) is 2.62. The van der Waals surface area contributed by atoms with E-state index in [-0.39, 0.29) is 35.1 Å². The lowest BCUT2D eigenvalue weighted by atomic mass is 10.1. The van der Waals surface area contributed by atoms with E-state index in [0.717, 1.165) is 6.07 Å². The minimum absolute atomic E-state index is 0.0102. The van der Waals surface area contributed by atoms with Crippen molar-refractivity contribution in [2.45, 2.75) is 44.2 Å². The standard InChI is InChI=1S/C17H17F5N4O2/c18-14(19)6-26-12(15-9-2-8(27)3-10(9)15)4-11(25-26)7-1-13(16(23)24-5-7)28-17(20,21)22/h1,4-5,8-10,14-15,27H,2-3,6H2,(H2,23,24). The lowest BCUT2D eigenvalue weighted by Crippen LogP contribution is -2.18. The maximum atomic E-state index is 13.0. The van der Waals surface area contributed by atoms with E-state index >= 15 is 0 Å². The van der Waals surface area contributed by atoms with Gasteiger partial charge >= 0.3 is 6.36 Å². The van der Waals surface area contributed by atoms with E-state index in [9.17, 15) is 27.1 Å². The second-order valence-corrected chi connectivity index (χ2v) is 7.16. The monoisotopic (exact) mass is 404 g/mol. The molecule has 0 amide bonds.